The summed E-state index contributed by atoms with van der Waals surface area (Å²) >= 11 is 0. The van der Waals surface area contributed by atoms with Crippen LogP contribution in [0.3, 0.4) is 0 Å². The third-order valence-corrected chi connectivity index (χ3v) is 3.75. The van der Waals surface area contributed by atoms with Crippen LogP contribution in [0.2, 0.25) is 0 Å². The number of benzene rings is 1. The molecule has 1 N–H and O–H groups in total. The molecule has 1 saturated carbocycles. The standard InChI is InChI=1S/C15H19F2NO2/c1-10-5-2-3-8-13(10)18-14(19)11-6-4-7-12(9-11)20-15(16)17/h4,6-7,9-10,13,15H,2-3,5,8H2,1H3,(H,18,19)/t10-,13+/m1/s1. The molecule has 0 aliphatic heterocycles. The predicted molar refractivity (Wildman–Crippen MR) is 72.0 cm³/mol. The van der Waals surface area contributed by atoms with Gasteiger partial charge in [0.05, 0.1) is 0 Å². The second-order valence-electron chi connectivity index (χ2n) is 5.25. The fourth-order valence-corrected chi connectivity index (χ4v) is 2.60. The van der Waals surface area contributed by atoms with Crippen LogP contribution in [-0.4, -0.2) is 18.6 Å². The summed E-state index contributed by atoms with van der Waals surface area (Å²) in [5.74, 6) is 0.223. The van der Waals surface area contributed by atoms with Crippen molar-refractivity contribution in [3.63, 3.8) is 0 Å². The number of hydrogen-bond donors (Lipinski definition) is 1. The Bertz CT molecular complexity index is 465. The van der Waals surface area contributed by atoms with Crippen LogP contribution in [0.4, 0.5) is 8.78 Å². The summed E-state index contributed by atoms with van der Waals surface area (Å²) in [5.41, 5.74) is 0.348. The van der Waals surface area contributed by atoms with Crippen LogP contribution < -0.4 is 10.1 Å². The quantitative estimate of drug-likeness (QED) is 0.917. The van der Waals surface area contributed by atoms with Gasteiger partial charge in [-0.25, -0.2) is 0 Å². The van der Waals surface area contributed by atoms with Gasteiger partial charge in [0.15, 0.2) is 0 Å². The van der Waals surface area contributed by atoms with Crippen LogP contribution in [-0.2, 0) is 0 Å². The summed E-state index contributed by atoms with van der Waals surface area (Å²) in [5, 5.41) is 2.98. The van der Waals surface area contributed by atoms with Gasteiger partial charge >= 0.3 is 6.61 Å². The molecule has 2 rings (SSSR count). The number of nitrogens with one attached hydrogen (secondary N) is 1. The van der Waals surface area contributed by atoms with Gasteiger partial charge in [0.1, 0.15) is 5.75 Å². The average Bonchev–Trinajstić information content (AvgIpc) is 2.41. The summed E-state index contributed by atoms with van der Waals surface area (Å²) in [6.07, 6.45) is 4.40. The molecule has 1 aromatic rings. The first-order valence-electron chi connectivity index (χ1n) is 6.92. The molecule has 1 aliphatic carbocycles. The number of ether oxygens (including phenoxy) is 1. The lowest BCUT2D eigenvalue weighted by molar-refractivity contribution is -0.0498. The van der Waals surface area contributed by atoms with Crippen molar-refractivity contribution in [2.24, 2.45) is 5.92 Å². The highest BCUT2D eigenvalue weighted by Crippen LogP contribution is 2.24. The Morgan fingerprint density at radius 2 is 2.10 bits per heavy atom. The highest BCUT2D eigenvalue weighted by Gasteiger charge is 2.23. The molecule has 0 saturated heterocycles. The molecule has 1 amide bonds. The SMILES string of the molecule is C[C@@H]1CCCC[C@@H]1NC(=O)c1cccc(OC(F)F)c1. The van der Waals surface area contributed by atoms with Crippen LogP contribution in [0, 0.1) is 5.92 Å². The second kappa shape index (κ2) is 6.68. The van der Waals surface area contributed by atoms with Gasteiger partial charge in [0, 0.05) is 11.6 Å². The molecule has 0 spiro atoms. The molecule has 1 aliphatic rings. The summed E-state index contributed by atoms with van der Waals surface area (Å²) in [6.45, 7) is -0.757. The molecule has 0 bridgehead atoms. The number of carbonyl (C=O) groups excluding carboxylic acids is 1. The van der Waals surface area contributed by atoms with E-state index in [1.807, 2.05) is 0 Å². The minimum atomic E-state index is -2.88. The molecular weight excluding hydrogens is 264 g/mol. The van der Waals surface area contributed by atoms with Gasteiger partial charge < -0.3 is 10.1 Å². The Hall–Kier alpha value is -1.65. The Balaban J connectivity index is 2.01. The zero-order valence-corrected chi connectivity index (χ0v) is 11.4. The van der Waals surface area contributed by atoms with Gasteiger partial charge in [-0.15, -0.1) is 0 Å². The predicted octanol–water partition coefficient (Wildman–Crippen LogP) is 3.60. The number of halogens is 2. The molecule has 110 valence electrons. The first kappa shape index (κ1) is 14.8. The molecule has 0 unspecified atom stereocenters. The second-order valence-corrected chi connectivity index (χ2v) is 5.25. The number of alkyl halides is 2. The van der Waals surface area contributed by atoms with Gasteiger partial charge in [-0.1, -0.05) is 25.8 Å². The Morgan fingerprint density at radius 1 is 1.35 bits per heavy atom. The van der Waals surface area contributed by atoms with Crippen molar-refractivity contribution < 1.29 is 18.3 Å². The Morgan fingerprint density at radius 3 is 2.80 bits per heavy atom. The van der Waals surface area contributed by atoms with Crippen molar-refractivity contribution in [2.75, 3.05) is 0 Å². The van der Waals surface area contributed by atoms with Crippen molar-refractivity contribution in [3.8, 4) is 5.75 Å². The first-order chi connectivity index (χ1) is 9.56. The lowest BCUT2D eigenvalue weighted by atomic mass is 9.86. The van der Waals surface area contributed by atoms with Crippen molar-refractivity contribution >= 4 is 5.91 Å². The number of carbonyl (C=O) groups is 1. The highest BCUT2D eigenvalue weighted by atomic mass is 19.3. The van der Waals surface area contributed by atoms with E-state index in [2.05, 4.69) is 17.0 Å². The van der Waals surface area contributed by atoms with E-state index in [-0.39, 0.29) is 17.7 Å². The van der Waals surface area contributed by atoms with E-state index >= 15 is 0 Å². The highest BCUT2D eigenvalue weighted by molar-refractivity contribution is 5.94. The van der Waals surface area contributed by atoms with Gasteiger partial charge in [-0.2, -0.15) is 8.78 Å². The normalized spacial score (nSPS) is 22.6. The zero-order valence-electron chi connectivity index (χ0n) is 11.4. The monoisotopic (exact) mass is 283 g/mol. The van der Waals surface area contributed by atoms with Gasteiger partial charge in [-0.05, 0) is 37.0 Å². The molecule has 20 heavy (non-hydrogen) atoms. The van der Waals surface area contributed by atoms with Crippen LogP contribution in [0.5, 0.6) is 5.75 Å². The number of hydrogen-bond acceptors (Lipinski definition) is 2. The fraction of sp³-hybridized carbons (Fsp3) is 0.533. The fourth-order valence-electron chi connectivity index (χ4n) is 2.60. The molecule has 0 heterocycles. The Labute approximate surface area is 117 Å². The molecule has 0 aromatic heterocycles. The van der Waals surface area contributed by atoms with Crippen molar-refractivity contribution in [1.82, 2.24) is 5.32 Å². The van der Waals surface area contributed by atoms with Crippen LogP contribution in [0.25, 0.3) is 0 Å². The maximum atomic E-state index is 12.2. The molecule has 0 radical (unpaired) electrons. The number of amides is 1. The molecule has 3 nitrogen and oxygen atoms in total. The molecule has 1 fully saturated rings. The van der Waals surface area contributed by atoms with Crippen LogP contribution in [0.15, 0.2) is 24.3 Å². The van der Waals surface area contributed by atoms with E-state index in [1.54, 1.807) is 6.07 Å². The van der Waals surface area contributed by atoms with E-state index in [0.29, 0.717) is 11.5 Å². The van der Waals surface area contributed by atoms with E-state index in [0.717, 1.165) is 19.3 Å². The lowest BCUT2D eigenvalue weighted by Crippen LogP contribution is -2.41. The molecule has 2 atom stereocenters. The Kier molecular flexibility index (Phi) is 4.93. The zero-order chi connectivity index (χ0) is 14.5. The van der Waals surface area contributed by atoms with E-state index in [9.17, 15) is 13.6 Å². The first-order valence-corrected chi connectivity index (χ1v) is 6.92. The molecule has 1 aromatic carbocycles. The van der Waals surface area contributed by atoms with Crippen LogP contribution in [0.1, 0.15) is 43.0 Å². The smallest absolute Gasteiger partial charge is 0.387 e. The van der Waals surface area contributed by atoms with Gasteiger partial charge in [0.25, 0.3) is 5.91 Å². The minimum Gasteiger partial charge on any atom is -0.435 e. The maximum Gasteiger partial charge on any atom is 0.387 e. The third kappa shape index (κ3) is 3.92. The van der Waals surface area contributed by atoms with Crippen molar-refractivity contribution in [3.05, 3.63) is 29.8 Å². The van der Waals surface area contributed by atoms with E-state index in [4.69, 9.17) is 0 Å². The van der Waals surface area contributed by atoms with Crippen molar-refractivity contribution in [1.29, 1.82) is 0 Å². The topological polar surface area (TPSA) is 38.3 Å². The van der Waals surface area contributed by atoms with E-state index < -0.39 is 6.61 Å². The summed E-state index contributed by atoms with van der Waals surface area (Å²) in [7, 11) is 0. The van der Waals surface area contributed by atoms with Gasteiger partial charge in [0.2, 0.25) is 0 Å². The molecule has 5 heteroatoms. The van der Waals surface area contributed by atoms with Gasteiger partial charge in [-0.3, -0.25) is 4.79 Å². The lowest BCUT2D eigenvalue weighted by Gasteiger charge is -2.29. The summed E-state index contributed by atoms with van der Waals surface area (Å²) < 4.78 is 28.6. The van der Waals surface area contributed by atoms with Crippen molar-refractivity contribution in [2.45, 2.75) is 45.3 Å². The maximum absolute atomic E-state index is 12.2. The van der Waals surface area contributed by atoms with Crippen LogP contribution >= 0.6 is 0 Å². The largest absolute Gasteiger partial charge is 0.435 e. The summed E-state index contributed by atoms with van der Waals surface area (Å²) in [4.78, 5) is 12.1. The van der Waals surface area contributed by atoms with E-state index in [1.165, 1.54) is 24.6 Å². The molecular formula is C15H19F2NO2. The minimum absolute atomic E-state index is 0.00402. The third-order valence-electron chi connectivity index (χ3n) is 3.75. The average molecular weight is 283 g/mol. The summed E-state index contributed by atoms with van der Waals surface area (Å²) in [6, 6.07) is 6.05. The number of rotatable bonds is 4.